The molecule has 3 aromatic rings. The second kappa shape index (κ2) is 7.76. The number of hydrogen-bond acceptors (Lipinski definition) is 5. The minimum atomic E-state index is 0.103. The third kappa shape index (κ3) is 3.81. The van der Waals surface area contributed by atoms with E-state index in [2.05, 4.69) is 32.4 Å². The predicted molar refractivity (Wildman–Crippen MR) is 103 cm³/mol. The minimum absolute atomic E-state index is 0.103. The highest BCUT2D eigenvalue weighted by molar-refractivity contribution is 7.09. The zero-order valence-corrected chi connectivity index (χ0v) is 15.2. The molecule has 0 N–H and O–H groups in total. The number of amides is 1. The van der Waals surface area contributed by atoms with E-state index in [1.165, 1.54) is 4.88 Å². The molecule has 26 heavy (non-hydrogen) atoms. The van der Waals surface area contributed by atoms with Crippen LogP contribution < -0.4 is 0 Å². The topological polar surface area (TPSA) is 49.3 Å². The summed E-state index contributed by atoms with van der Waals surface area (Å²) < 4.78 is 0. The Kier molecular flexibility index (Phi) is 5.04. The van der Waals surface area contributed by atoms with Crippen LogP contribution in [0.15, 0.2) is 60.4 Å². The molecule has 0 radical (unpaired) electrons. The van der Waals surface area contributed by atoms with E-state index in [0.29, 0.717) is 0 Å². The van der Waals surface area contributed by atoms with Gasteiger partial charge in [0, 0.05) is 61.1 Å². The number of rotatable bonds is 4. The molecule has 1 saturated heterocycles. The molecule has 0 spiro atoms. The number of carbonyl (C=O) groups excluding carboxylic acids is 1. The summed E-state index contributed by atoms with van der Waals surface area (Å²) in [5.74, 6) is 0.103. The summed E-state index contributed by atoms with van der Waals surface area (Å²) in [5, 5.41) is 2.11. The van der Waals surface area contributed by atoms with Crippen LogP contribution in [0.4, 0.5) is 0 Å². The Morgan fingerprint density at radius 3 is 2.50 bits per heavy atom. The van der Waals surface area contributed by atoms with Gasteiger partial charge in [0.2, 0.25) is 0 Å². The lowest BCUT2D eigenvalue weighted by atomic mass is 10.1. The van der Waals surface area contributed by atoms with Crippen LogP contribution in [0.25, 0.3) is 11.3 Å². The van der Waals surface area contributed by atoms with Crippen LogP contribution in [0.3, 0.4) is 0 Å². The van der Waals surface area contributed by atoms with Crippen LogP contribution in [0.2, 0.25) is 0 Å². The van der Waals surface area contributed by atoms with Crippen molar-refractivity contribution in [1.29, 1.82) is 0 Å². The number of benzene rings is 1. The third-order valence-electron chi connectivity index (χ3n) is 4.61. The summed E-state index contributed by atoms with van der Waals surface area (Å²) in [7, 11) is 0. The van der Waals surface area contributed by atoms with Crippen molar-refractivity contribution in [2.45, 2.75) is 6.54 Å². The maximum Gasteiger partial charge on any atom is 0.253 e. The molecular weight excluding hydrogens is 344 g/mol. The summed E-state index contributed by atoms with van der Waals surface area (Å²) in [4.78, 5) is 26.9. The van der Waals surface area contributed by atoms with E-state index in [0.717, 1.165) is 49.5 Å². The first-order valence-corrected chi connectivity index (χ1v) is 9.58. The Morgan fingerprint density at radius 1 is 1.04 bits per heavy atom. The molecule has 2 aromatic heterocycles. The number of carbonyl (C=O) groups is 1. The maximum atomic E-state index is 12.8. The number of aromatic nitrogens is 2. The smallest absolute Gasteiger partial charge is 0.253 e. The first kappa shape index (κ1) is 16.9. The zero-order chi connectivity index (χ0) is 17.8. The number of nitrogens with zero attached hydrogens (tertiary/aromatic N) is 4. The van der Waals surface area contributed by atoms with Gasteiger partial charge in [0.1, 0.15) is 0 Å². The van der Waals surface area contributed by atoms with Crippen molar-refractivity contribution >= 4 is 17.2 Å². The van der Waals surface area contributed by atoms with E-state index in [9.17, 15) is 4.79 Å². The van der Waals surface area contributed by atoms with Crippen molar-refractivity contribution in [3.8, 4) is 11.3 Å². The van der Waals surface area contributed by atoms with E-state index in [-0.39, 0.29) is 5.91 Å². The lowest BCUT2D eigenvalue weighted by Gasteiger charge is -2.34. The van der Waals surface area contributed by atoms with Crippen LogP contribution in [0, 0.1) is 0 Å². The van der Waals surface area contributed by atoms with Gasteiger partial charge in [-0.25, -0.2) is 0 Å². The SMILES string of the molecule is O=C(c1ccc(-c2cnccn2)cc1)N1CCN(Cc2cccs2)CC1. The fraction of sp³-hybridized carbons (Fsp3) is 0.250. The van der Waals surface area contributed by atoms with E-state index in [4.69, 9.17) is 0 Å². The molecule has 1 fully saturated rings. The Balaban J connectivity index is 1.36. The Morgan fingerprint density at radius 2 is 1.85 bits per heavy atom. The molecule has 0 atom stereocenters. The molecule has 0 aliphatic carbocycles. The summed E-state index contributed by atoms with van der Waals surface area (Å²) in [5.41, 5.74) is 2.51. The number of hydrogen-bond donors (Lipinski definition) is 0. The molecule has 5 nitrogen and oxygen atoms in total. The standard InChI is InChI=1S/C20H20N4OS/c25-20(17-5-3-16(4-6-17)19-14-21-7-8-22-19)24-11-9-23(10-12-24)15-18-2-1-13-26-18/h1-8,13-14H,9-12,15H2. The van der Waals surface area contributed by atoms with E-state index in [1.54, 1.807) is 29.9 Å². The zero-order valence-electron chi connectivity index (χ0n) is 14.4. The Labute approximate surface area is 156 Å². The van der Waals surface area contributed by atoms with Gasteiger partial charge >= 0.3 is 0 Å². The van der Waals surface area contributed by atoms with Gasteiger partial charge in [0.05, 0.1) is 11.9 Å². The average molecular weight is 364 g/mol. The second-order valence-electron chi connectivity index (χ2n) is 6.32. The molecule has 132 valence electrons. The molecule has 1 aromatic carbocycles. The molecule has 6 heteroatoms. The highest BCUT2D eigenvalue weighted by Crippen LogP contribution is 2.18. The van der Waals surface area contributed by atoms with Crippen LogP contribution in [0.1, 0.15) is 15.2 Å². The molecule has 3 heterocycles. The van der Waals surface area contributed by atoms with Crippen LogP contribution >= 0.6 is 11.3 Å². The Bertz CT molecular complexity index is 841. The lowest BCUT2D eigenvalue weighted by Crippen LogP contribution is -2.48. The molecule has 1 aliphatic rings. The van der Waals surface area contributed by atoms with Gasteiger partial charge in [-0.1, -0.05) is 18.2 Å². The van der Waals surface area contributed by atoms with Crippen molar-refractivity contribution < 1.29 is 4.79 Å². The van der Waals surface area contributed by atoms with Crippen molar-refractivity contribution in [3.63, 3.8) is 0 Å². The fourth-order valence-corrected chi connectivity index (χ4v) is 3.89. The molecule has 0 saturated carbocycles. The van der Waals surface area contributed by atoms with Gasteiger partial charge in [-0.05, 0) is 23.6 Å². The molecule has 4 rings (SSSR count). The van der Waals surface area contributed by atoms with Gasteiger partial charge in [-0.15, -0.1) is 11.3 Å². The lowest BCUT2D eigenvalue weighted by molar-refractivity contribution is 0.0629. The number of thiophene rings is 1. The highest BCUT2D eigenvalue weighted by atomic mass is 32.1. The normalized spacial score (nSPS) is 15.2. The first-order chi connectivity index (χ1) is 12.8. The van der Waals surface area contributed by atoms with Gasteiger partial charge in [0.15, 0.2) is 0 Å². The highest BCUT2D eigenvalue weighted by Gasteiger charge is 2.22. The summed E-state index contributed by atoms with van der Waals surface area (Å²) in [6.07, 6.45) is 5.05. The summed E-state index contributed by atoms with van der Waals surface area (Å²) in [6, 6.07) is 11.9. The van der Waals surface area contributed by atoms with Crippen molar-refractivity contribution in [1.82, 2.24) is 19.8 Å². The van der Waals surface area contributed by atoms with Crippen LogP contribution in [0.5, 0.6) is 0 Å². The summed E-state index contributed by atoms with van der Waals surface area (Å²) in [6.45, 7) is 4.36. The third-order valence-corrected chi connectivity index (χ3v) is 5.47. The van der Waals surface area contributed by atoms with E-state index >= 15 is 0 Å². The molecule has 0 unspecified atom stereocenters. The molecule has 1 amide bonds. The van der Waals surface area contributed by atoms with E-state index < -0.39 is 0 Å². The monoisotopic (exact) mass is 364 g/mol. The second-order valence-corrected chi connectivity index (χ2v) is 7.35. The van der Waals surface area contributed by atoms with Crippen LogP contribution in [-0.4, -0.2) is 51.9 Å². The largest absolute Gasteiger partial charge is 0.336 e. The Hall–Kier alpha value is -2.57. The van der Waals surface area contributed by atoms with Crippen molar-refractivity contribution in [2.24, 2.45) is 0 Å². The molecule has 0 bridgehead atoms. The number of piperazine rings is 1. The molecular formula is C20H20N4OS. The fourth-order valence-electron chi connectivity index (χ4n) is 3.15. The summed E-state index contributed by atoms with van der Waals surface area (Å²) >= 11 is 1.79. The van der Waals surface area contributed by atoms with Gasteiger partial charge in [-0.2, -0.15) is 0 Å². The van der Waals surface area contributed by atoms with Gasteiger partial charge in [-0.3, -0.25) is 19.7 Å². The van der Waals surface area contributed by atoms with Crippen molar-refractivity contribution in [2.75, 3.05) is 26.2 Å². The molecule has 1 aliphatic heterocycles. The maximum absolute atomic E-state index is 12.8. The average Bonchev–Trinajstić information content (AvgIpc) is 3.22. The quantitative estimate of drug-likeness (QED) is 0.714. The van der Waals surface area contributed by atoms with Crippen molar-refractivity contribution in [3.05, 3.63) is 70.8 Å². The van der Waals surface area contributed by atoms with E-state index in [1.807, 2.05) is 29.2 Å². The van der Waals surface area contributed by atoms with Crippen LogP contribution in [-0.2, 0) is 6.54 Å². The predicted octanol–water partition coefficient (Wildman–Crippen LogP) is 3.16. The first-order valence-electron chi connectivity index (χ1n) is 8.70. The van der Waals surface area contributed by atoms with Gasteiger partial charge < -0.3 is 4.90 Å². The van der Waals surface area contributed by atoms with Gasteiger partial charge in [0.25, 0.3) is 5.91 Å². The minimum Gasteiger partial charge on any atom is -0.336 e.